The minimum atomic E-state index is -0.0412. The van der Waals surface area contributed by atoms with Crippen molar-refractivity contribution in [1.29, 1.82) is 0 Å². The average molecular weight is 454 g/mol. The molecular weight excluding hydrogens is 422 g/mol. The number of fused-ring (bicyclic) bond motifs is 1. The molecule has 3 aromatic rings. The minimum Gasteiger partial charge on any atom is -0.379 e. The molecule has 0 spiro atoms. The Morgan fingerprint density at radius 1 is 1.16 bits per heavy atom. The third-order valence-corrected chi connectivity index (χ3v) is 6.85. The van der Waals surface area contributed by atoms with Crippen LogP contribution >= 0.6 is 11.3 Å². The van der Waals surface area contributed by atoms with Crippen molar-refractivity contribution in [3.05, 3.63) is 46.1 Å². The molecule has 3 heterocycles. The summed E-state index contributed by atoms with van der Waals surface area (Å²) in [7, 11) is 0. The van der Waals surface area contributed by atoms with E-state index in [1.165, 1.54) is 10.4 Å². The molecule has 7 nitrogen and oxygen atoms in total. The number of nitrogens with zero attached hydrogens (tertiary/aromatic N) is 3. The number of amides is 1. The first-order valence-electron chi connectivity index (χ1n) is 11.1. The van der Waals surface area contributed by atoms with Crippen molar-refractivity contribution in [1.82, 2.24) is 14.9 Å². The first-order valence-corrected chi connectivity index (χ1v) is 11.9. The van der Waals surface area contributed by atoms with Crippen LogP contribution in [0.1, 0.15) is 35.7 Å². The molecule has 170 valence electrons. The largest absolute Gasteiger partial charge is 0.379 e. The first kappa shape index (κ1) is 22.6. The topological polar surface area (TPSA) is 79.4 Å². The quantitative estimate of drug-likeness (QED) is 0.554. The van der Waals surface area contributed by atoms with Crippen LogP contribution in [0, 0.1) is 19.8 Å². The molecule has 0 bridgehead atoms. The van der Waals surface area contributed by atoms with E-state index in [1.807, 2.05) is 38.1 Å². The van der Waals surface area contributed by atoms with Crippen LogP contribution in [0.5, 0.6) is 0 Å². The maximum atomic E-state index is 11.9. The Morgan fingerprint density at radius 2 is 1.88 bits per heavy atom. The lowest BCUT2D eigenvalue weighted by Crippen LogP contribution is -2.36. The highest BCUT2D eigenvalue weighted by Gasteiger charge is 2.17. The number of aryl methyl sites for hydroxylation is 2. The van der Waals surface area contributed by atoms with Crippen LogP contribution in [-0.2, 0) is 22.6 Å². The van der Waals surface area contributed by atoms with Crippen molar-refractivity contribution in [2.75, 3.05) is 36.9 Å². The third kappa shape index (κ3) is 5.26. The molecule has 4 rings (SSSR count). The normalized spacial score (nSPS) is 14.8. The van der Waals surface area contributed by atoms with Gasteiger partial charge in [0, 0.05) is 36.1 Å². The van der Waals surface area contributed by atoms with Crippen LogP contribution in [0.15, 0.2) is 24.3 Å². The number of aromatic nitrogens is 2. The van der Waals surface area contributed by atoms with Gasteiger partial charge >= 0.3 is 0 Å². The van der Waals surface area contributed by atoms with Crippen molar-refractivity contribution >= 4 is 39.0 Å². The van der Waals surface area contributed by atoms with Gasteiger partial charge < -0.3 is 15.4 Å². The first-order chi connectivity index (χ1) is 15.4. The second-order valence-corrected chi connectivity index (χ2v) is 9.74. The molecule has 1 aliphatic heterocycles. The second-order valence-electron chi connectivity index (χ2n) is 8.53. The van der Waals surface area contributed by atoms with Crippen LogP contribution in [-0.4, -0.2) is 47.1 Å². The zero-order valence-corrected chi connectivity index (χ0v) is 20.0. The van der Waals surface area contributed by atoms with E-state index in [1.54, 1.807) is 11.3 Å². The number of benzene rings is 1. The lowest BCUT2D eigenvalue weighted by molar-refractivity contribution is -0.118. The molecule has 1 amide bonds. The molecule has 0 saturated carbocycles. The van der Waals surface area contributed by atoms with E-state index >= 15 is 0 Å². The zero-order valence-electron chi connectivity index (χ0n) is 19.2. The lowest BCUT2D eigenvalue weighted by Gasteiger charge is -2.25. The molecule has 1 fully saturated rings. The van der Waals surface area contributed by atoms with E-state index < -0.39 is 0 Å². The number of morpholine rings is 1. The predicted molar refractivity (Wildman–Crippen MR) is 130 cm³/mol. The number of hydrogen-bond donors (Lipinski definition) is 2. The summed E-state index contributed by atoms with van der Waals surface area (Å²) >= 11 is 1.73. The Labute approximate surface area is 193 Å². The monoisotopic (exact) mass is 453 g/mol. The van der Waals surface area contributed by atoms with Crippen molar-refractivity contribution in [3.8, 4) is 0 Å². The smallest absolute Gasteiger partial charge is 0.226 e. The van der Waals surface area contributed by atoms with Crippen LogP contribution in [0.25, 0.3) is 10.2 Å². The molecule has 1 saturated heterocycles. The van der Waals surface area contributed by atoms with Gasteiger partial charge in [0.2, 0.25) is 5.91 Å². The Hall–Kier alpha value is -2.55. The minimum absolute atomic E-state index is 0.0235. The van der Waals surface area contributed by atoms with E-state index in [4.69, 9.17) is 14.7 Å². The van der Waals surface area contributed by atoms with Gasteiger partial charge in [-0.25, -0.2) is 9.97 Å². The van der Waals surface area contributed by atoms with Crippen molar-refractivity contribution in [2.45, 2.75) is 40.8 Å². The van der Waals surface area contributed by atoms with Crippen molar-refractivity contribution in [2.24, 2.45) is 5.92 Å². The number of carbonyl (C=O) groups is 1. The van der Waals surface area contributed by atoms with Gasteiger partial charge in [0.25, 0.3) is 0 Å². The maximum absolute atomic E-state index is 11.9. The molecule has 2 N–H and O–H groups in total. The van der Waals surface area contributed by atoms with E-state index in [0.29, 0.717) is 6.54 Å². The molecule has 2 aromatic heterocycles. The highest BCUT2D eigenvalue weighted by molar-refractivity contribution is 7.18. The Kier molecular flexibility index (Phi) is 7.03. The van der Waals surface area contributed by atoms with Crippen LogP contribution in [0.2, 0.25) is 0 Å². The summed E-state index contributed by atoms with van der Waals surface area (Å²) in [5.74, 6) is 1.71. The van der Waals surface area contributed by atoms with Gasteiger partial charge in [-0.1, -0.05) is 26.0 Å². The molecule has 1 aliphatic rings. The molecule has 1 aromatic carbocycles. The van der Waals surface area contributed by atoms with Gasteiger partial charge in [0.05, 0.1) is 25.1 Å². The number of carbonyl (C=O) groups excluding carboxylic acids is 1. The Morgan fingerprint density at radius 3 is 2.56 bits per heavy atom. The number of thiophene rings is 1. The number of nitrogens with one attached hydrogen (secondary N) is 2. The Bertz CT molecular complexity index is 1090. The predicted octanol–water partition coefficient (Wildman–Crippen LogP) is 4.35. The van der Waals surface area contributed by atoms with Gasteiger partial charge in [-0.2, -0.15) is 0 Å². The van der Waals surface area contributed by atoms with Crippen LogP contribution in [0.3, 0.4) is 0 Å². The number of rotatable bonds is 7. The SMILES string of the molecule is Cc1sc2nc(CN3CCOCC3)nc(NCc3ccc(NC(=O)C(C)C)cc3)c2c1C. The molecule has 32 heavy (non-hydrogen) atoms. The zero-order chi connectivity index (χ0) is 22.7. The summed E-state index contributed by atoms with van der Waals surface area (Å²) in [5.41, 5.74) is 3.17. The summed E-state index contributed by atoms with van der Waals surface area (Å²) in [5, 5.41) is 7.58. The van der Waals surface area contributed by atoms with Gasteiger partial charge in [0.1, 0.15) is 16.5 Å². The number of ether oxygens (including phenoxy) is 1. The molecule has 0 aliphatic carbocycles. The molecule has 0 atom stereocenters. The Balaban J connectivity index is 1.51. The molecular formula is C24H31N5O2S. The van der Waals surface area contributed by atoms with Crippen LogP contribution < -0.4 is 10.6 Å². The fourth-order valence-corrected chi connectivity index (χ4v) is 4.68. The van der Waals surface area contributed by atoms with Gasteiger partial charge in [-0.05, 0) is 37.1 Å². The maximum Gasteiger partial charge on any atom is 0.226 e. The summed E-state index contributed by atoms with van der Waals surface area (Å²) in [4.78, 5) is 26.3. The summed E-state index contributed by atoms with van der Waals surface area (Å²) in [6, 6.07) is 7.94. The molecule has 0 unspecified atom stereocenters. The fraction of sp³-hybridized carbons (Fsp3) is 0.458. The third-order valence-electron chi connectivity index (χ3n) is 5.75. The van der Waals surface area contributed by atoms with E-state index in [9.17, 15) is 4.79 Å². The highest BCUT2D eigenvalue weighted by atomic mass is 32.1. The lowest BCUT2D eigenvalue weighted by atomic mass is 10.1. The van der Waals surface area contributed by atoms with Crippen molar-refractivity contribution in [3.63, 3.8) is 0 Å². The molecule has 0 radical (unpaired) electrons. The van der Waals surface area contributed by atoms with Gasteiger partial charge in [0.15, 0.2) is 0 Å². The second kappa shape index (κ2) is 9.94. The van der Waals surface area contributed by atoms with E-state index in [0.717, 1.165) is 66.0 Å². The number of anilines is 2. The number of hydrogen-bond acceptors (Lipinski definition) is 7. The van der Waals surface area contributed by atoms with Crippen LogP contribution in [0.4, 0.5) is 11.5 Å². The average Bonchev–Trinajstić information content (AvgIpc) is 3.07. The van der Waals surface area contributed by atoms with E-state index in [-0.39, 0.29) is 11.8 Å². The standard InChI is InChI=1S/C24H31N5O2S/c1-15(2)23(30)26-19-7-5-18(6-8-19)13-25-22-21-16(3)17(4)32-24(21)28-20(27-22)14-29-9-11-31-12-10-29/h5-8,15H,9-14H2,1-4H3,(H,26,30)(H,25,27,28). The van der Waals surface area contributed by atoms with Gasteiger partial charge in [-0.3, -0.25) is 9.69 Å². The summed E-state index contributed by atoms with van der Waals surface area (Å²) in [6.07, 6.45) is 0. The summed E-state index contributed by atoms with van der Waals surface area (Å²) in [6.45, 7) is 12.8. The molecule has 8 heteroatoms. The highest BCUT2D eigenvalue weighted by Crippen LogP contribution is 2.33. The van der Waals surface area contributed by atoms with Gasteiger partial charge in [-0.15, -0.1) is 11.3 Å². The van der Waals surface area contributed by atoms with Crippen molar-refractivity contribution < 1.29 is 9.53 Å². The van der Waals surface area contributed by atoms with E-state index in [2.05, 4.69) is 29.4 Å². The summed E-state index contributed by atoms with van der Waals surface area (Å²) < 4.78 is 5.46. The fourth-order valence-electron chi connectivity index (χ4n) is 3.63.